The zero-order valence-corrected chi connectivity index (χ0v) is 13.4. The van der Waals surface area contributed by atoms with Gasteiger partial charge in [0.15, 0.2) is 0 Å². The fourth-order valence-electron chi connectivity index (χ4n) is 2.16. The fourth-order valence-corrected chi connectivity index (χ4v) is 2.16. The third-order valence-electron chi connectivity index (χ3n) is 3.40. The Morgan fingerprint density at radius 1 is 1.42 bits per heavy atom. The Morgan fingerprint density at radius 2 is 2.21 bits per heavy atom. The minimum Gasteiger partial charge on any atom is -0.467 e. The van der Waals surface area contributed by atoms with E-state index >= 15 is 0 Å². The summed E-state index contributed by atoms with van der Waals surface area (Å²) in [6.07, 6.45) is 2.95. The van der Waals surface area contributed by atoms with E-state index in [1.54, 1.807) is 25.1 Å². The average molecular weight is 335 g/mol. The van der Waals surface area contributed by atoms with Crippen LogP contribution in [0.5, 0.6) is 0 Å². The first-order chi connectivity index (χ1) is 11.5. The number of halogens is 2. The zero-order chi connectivity index (χ0) is 17.5. The number of ether oxygens (including phenoxy) is 1. The number of furan rings is 1. The topological polar surface area (TPSA) is 42.7 Å². The molecular weight excluding hydrogens is 316 g/mol. The van der Waals surface area contributed by atoms with Gasteiger partial charge in [-0.3, -0.25) is 9.69 Å². The number of rotatable bonds is 8. The summed E-state index contributed by atoms with van der Waals surface area (Å²) in [5.41, 5.74) is -0.0306. The highest BCUT2D eigenvalue weighted by Gasteiger charge is 2.26. The molecule has 0 aliphatic heterocycles. The van der Waals surface area contributed by atoms with Crippen molar-refractivity contribution in [2.45, 2.75) is 26.0 Å². The van der Waals surface area contributed by atoms with Gasteiger partial charge in [-0.2, -0.15) is 0 Å². The molecular formula is C18H19F2NO3. The molecule has 2 aromatic rings. The fraction of sp³-hybridized carbons (Fsp3) is 0.278. The van der Waals surface area contributed by atoms with Crippen LogP contribution in [0, 0.1) is 11.6 Å². The van der Waals surface area contributed by atoms with Crippen LogP contribution < -0.4 is 4.90 Å². The molecule has 128 valence electrons. The van der Waals surface area contributed by atoms with E-state index in [1.165, 1.54) is 17.2 Å². The first-order valence-corrected chi connectivity index (χ1v) is 7.54. The van der Waals surface area contributed by atoms with Gasteiger partial charge in [-0.1, -0.05) is 6.08 Å². The highest BCUT2D eigenvalue weighted by molar-refractivity contribution is 5.96. The molecule has 0 aliphatic rings. The van der Waals surface area contributed by atoms with Crippen LogP contribution in [0.15, 0.2) is 53.7 Å². The van der Waals surface area contributed by atoms with Gasteiger partial charge in [0.2, 0.25) is 0 Å². The summed E-state index contributed by atoms with van der Waals surface area (Å²) in [7, 11) is 0. The Labute approximate surface area is 139 Å². The number of carbonyl (C=O) groups excluding carboxylic acids is 1. The van der Waals surface area contributed by atoms with Crippen molar-refractivity contribution in [2.24, 2.45) is 0 Å². The second-order valence-corrected chi connectivity index (χ2v) is 5.19. The lowest BCUT2D eigenvalue weighted by atomic mass is 10.2. The molecule has 1 amide bonds. The predicted octanol–water partition coefficient (Wildman–Crippen LogP) is 4.07. The van der Waals surface area contributed by atoms with Crippen molar-refractivity contribution in [1.82, 2.24) is 0 Å². The molecule has 2 rings (SSSR count). The number of benzene rings is 1. The molecule has 1 unspecified atom stereocenters. The molecule has 1 aromatic heterocycles. The second-order valence-electron chi connectivity index (χ2n) is 5.19. The van der Waals surface area contributed by atoms with Gasteiger partial charge in [0.05, 0.1) is 25.1 Å². The van der Waals surface area contributed by atoms with Crippen LogP contribution in [0.4, 0.5) is 14.5 Å². The van der Waals surface area contributed by atoms with Crippen LogP contribution in [0.1, 0.15) is 19.1 Å². The summed E-state index contributed by atoms with van der Waals surface area (Å²) >= 11 is 0. The predicted molar refractivity (Wildman–Crippen MR) is 86.5 cm³/mol. The highest BCUT2D eigenvalue weighted by Crippen LogP contribution is 2.24. The van der Waals surface area contributed by atoms with Crippen LogP contribution >= 0.6 is 0 Å². The maximum Gasteiger partial charge on any atom is 0.256 e. The summed E-state index contributed by atoms with van der Waals surface area (Å²) in [4.78, 5) is 13.9. The zero-order valence-electron chi connectivity index (χ0n) is 13.4. The number of anilines is 1. The maximum absolute atomic E-state index is 14.1. The molecule has 0 radical (unpaired) electrons. The van der Waals surface area contributed by atoms with E-state index in [9.17, 15) is 13.6 Å². The van der Waals surface area contributed by atoms with E-state index in [2.05, 4.69) is 6.58 Å². The highest BCUT2D eigenvalue weighted by atomic mass is 19.1. The van der Waals surface area contributed by atoms with Crippen LogP contribution in [0.2, 0.25) is 0 Å². The number of amides is 1. The third kappa shape index (κ3) is 4.52. The molecule has 24 heavy (non-hydrogen) atoms. The van der Waals surface area contributed by atoms with Crippen molar-refractivity contribution in [2.75, 3.05) is 11.5 Å². The van der Waals surface area contributed by atoms with Gasteiger partial charge in [0.1, 0.15) is 23.5 Å². The molecule has 0 bridgehead atoms. The average Bonchev–Trinajstić information content (AvgIpc) is 3.06. The first kappa shape index (κ1) is 17.9. The Kier molecular flexibility index (Phi) is 6.26. The summed E-state index contributed by atoms with van der Waals surface area (Å²) in [6.45, 7) is 5.51. The van der Waals surface area contributed by atoms with Crippen molar-refractivity contribution in [3.8, 4) is 0 Å². The summed E-state index contributed by atoms with van der Waals surface area (Å²) in [5.74, 6) is -1.50. The Bertz CT molecular complexity index is 686. The first-order valence-electron chi connectivity index (χ1n) is 7.54. The number of hydrogen-bond donors (Lipinski definition) is 0. The van der Waals surface area contributed by atoms with Crippen molar-refractivity contribution >= 4 is 11.6 Å². The van der Waals surface area contributed by atoms with Crippen molar-refractivity contribution in [1.29, 1.82) is 0 Å². The smallest absolute Gasteiger partial charge is 0.256 e. The van der Waals surface area contributed by atoms with Crippen molar-refractivity contribution < 1.29 is 22.7 Å². The van der Waals surface area contributed by atoms with Gasteiger partial charge in [-0.15, -0.1) is 6.58 Å². The van der Waals surface area contributed by atoms with Gasteiger partial charge in [-0.25, -0.2) is 8.78 Å². The lowest BCUT2D eigenvalue weighted by molar-refractivity contribution is -0.129. The van der Waals surface area contributed by atoms with Crippen LogP contribution in [0.25, 0.3) is 0 Å². The summed E-state index contributed by atoms with van der Waals surface area (Å²) in [6, 6.07) is 6.40. The minimum absolute atomic E-state index is 0.0174. The molecule has 0 aliphatic carbocycles. The SMILES string of the molecule is C=CCCOC(C)C(=O)N(Cc1ccco1)c1ccc(F)cc1F. The monoisotopic (exact) mass is 335 g/mol. The Hall–Kier alpha value is -2.47. The van der Waals surface area contributed by atoms with Gasteiger partial charge in [-0.05, 0) is 37.6 Å². The van der Waals surface area contributed by atoms with E-state index < -0.39 is 23.6 Å². The van der Waals surface area contributed by atoms with Crippen LogP contribution in [-0.4, -0.2) is 18.6 Å². The van der Waals surface area contributed by atoms with E-state index in [4.69, 9.17) is 9.15 Å². The van der Waals surface area contributed by atoms with Gasteiger partial charge < -0.3 is 9.15 Å². The van der Waals surface area contributed by atoms with E-state index in [1.807, 2.05) is 0 Å². The van der Waals surface area contributed by atoms with E-state index in [-0.39, 0.29) is 12.2 Å². The molecule has 0 spiro atoms. The molecule has 0 saturated carbocycles. The summed E-state index contributed by atoms with van der Waals surface area (Å²) in [5, 5.41) is 0. The molecule has 1 atom stereocenters. The van der Waals surface area contributed by atoms with Gasteiger partial charge in [0.25, 0.3) is 5.91 Å². The maximum atomic E-state index is 14.1. The molecule has 0 N–H and O–H groups in total. The molecule has 1 aromatic carbocycles. The number of carbonyl (C=O) groups is 1. The lowest BCUT2D eigenvalue weighted by Gasteiger charge is -2.25. The molecule has 0 fully saturated rings. The largest absolute Gasteiger partial charge is 0.467 e. The Balaban J connectivity index is 2.24. The van der Waals surface area contributed by atoms with Crippen LogP contribution in [-0.2, 0) is 16.1 Å². The van der Waals surface area contributed by atoms with Gasteiger partial charge in [0, 0.05) is 6.07 Å². The lowest BCUT2D eigenvalue weighted by Crippen LogP contribution is -2.39. The van der Waals surface area contributed by atoms with Crippen molar-refractivity contribution in [3.63, 3.8) is 0 Å². The van der Waals surface area contributed by atoms with Crippen LogP contribution in [0.3, 0.4) is 0 Å². The number of nitrogens with zero attached hydrogens (tertiary/aromatic N) is 1. The minimum atomic E-state index is -0.826. The standard InChI is InChI=1S/C18H19F2NO3/c1-3-4-9-23-13(2)18(22)21(12-15-6-5-10-24-15)17-8-7-14(19)11-16(17)20/h3,5-8,10-11,13H,1,4,9,12H2,2H3. The van der Waals surface area contributed by atoms with E-state index in [0.29, 0.717) is 18.8 Å². The van der Waals surface area contributed by atoms with Gasteiger partial charge >= 0.3 is 0 Å². The molecule has 6 heteroatoms. The summed E-state index contributed by atoms with van der Waals surface area (Å²) < 4.78 is 38.0. The second kappa shape index (κ2) is 8.40. The normalized spacial score (nSPS) is 12.0. The number of hydrogen-bond acceptors (Lipinski definition) is 3. The Morgan fingerprint density at radius 3 is 2.83 bits per heavy atom. The molecule has 0 saturated heterocycles. The molecule has 1 heterocycles. The third-order valence-corrected chi connectivity index (χ3v) is 3.40. The molecule has 4 nitrogen and oxygen atoms in total. The van der Waals surface area contributed by atoms with Crippen molar-refractivity contribution in [3.05, 3.63) is 66.6 Å². The quantitative estimate of drug-likeness (QED) is 0.539. The van der Waals surface area contributed by atoms with E-state index in [0.717, 1.165) is 12.1 Å².